The van der Waals surface area contributed by atoms with E-state index in [-0.39, 0.29) is 21.0 Å². The van der Waals surface area contributed by atoms with E-state index in [9.17, 15) is 0 Å². The van der Waals surface area contributed by atoms with Crippen molar-refractivity contribution in [3.8, 4) is 6.07 Å². The topological polar surface area (TPSA) is 35.8 Å². The summed E-state index contributed by atoms with van der Waals surface area (Å²) in [6.45, 7) is 0. The number of hydrogen-bond acceptors (Lipinski definition) is 2. The standard InChI is InChI=1S/C8H6I2N2/c1-10-12-7-2-3-8(9)6(4-7)5-11/h2-4,12H,1H2. The molecule has 0 amide bonds. The van der Waals surface area contributed by atoms with Gasteiger partial charge in [-0.05, 0) is 66.3 Å². The van der Waals surface area contributed by atoms with Crippen molar-refractivity contribution >= 4 is 53.8 Å². The van der Waals surface area contributed by atoms with Gasteiger partial charge in [0.1, 0.15) is 6.07 Å². The van der Waals surface area contributed by atoms with E-state index in [2.05, 4.69) is 36.7 Å². The molecule has 1 rings (SSSR count). The average Bonchev–Trinajstić information content (AvgIpc) is 2.09. The molecule has 0 aliphatic carbocycles. The molecular formula is C8H6I2N2. The van der Waals surface area contributed by atoms with E-state index in [1.54, 1.807) is 0 Å². The SMILES string of the molecule is C=INc1ccc(I)c(C#N)c1. The fourth-order valence-electron chi connectivity index (χ4n) is 0.747. The van der Waals surface area contributed by atoms with Crippen LogP contribution < -0.4 is 3.53 Å². The number of hydrogen-bond donors (Lipinski definition) is 1. The maximum absolute atomic E-state index is 8.72. The van der Waals surface area contributed by atoms with E-state index in [1.807, 2.05) is 18.2 Å². The van der Waals surface area contributed by atoms with Crippen molar-refractivity contribution in [1.29, 1.82) is 5.26 Å². The minimum Gasteiger partial charge on any atom is -0.334 e. The second-order valence-electron chi connectivity index (χ2n) is 2.03. The molecule has 62 valence electrons. The highest BCUT2D eigenvalue weighted by Gasteiger charge is 1.98. The molecule has 0 radical (unpaired) electrons. The van der Waals surface area contributed by atoms with Crippen molar-refractivity contribution < 1.29 is 0 Å². The molecule has 0 bridgehead atoms. The Hall–Kier alpha value is -0.160. The minimum absolute atomic E-state index is 0.211. The summed E-state index contributed by atoms with van der Waals surface area (Å²) in [6, 6.07) is 7.89. The second kappa shape index (κ2) is 4.77. The van der Waals surface area contributed by atoms with Gasteiger partial charge in [0.05, 0.1) is 5.56 Å². The van der Waals surface area contributed by atoms with Gasteiger partial charge in [0, 0.05) is 9.26 Å². The largest absolute Gasteiger partial charge is 0.334 e. The van der Waals surface area contributed by atoms with Crippen LogP contribution in [0.4, 0.5) is 5.69 Å². The van der Waals surface area contributed by atoms with E-state index in [0.29, 0.717) is 0 Å². The number of anilines is 1. The number of benzene rings is 1. The van der Waals surface area contributed by atoms with Gasteiger partial charge in [-0.3, -0.25) is 0 Å². The highest BCUT2D eigenvalue weighted by Crippen LogP contribution is 2.18. The molecule has 0 saturated heterocycles. The Kier molecular flexibility index (Phi) is 3.94. The Balaban J connectivity index is 3.07. The van der Waals surface area contributed by atoms with Gasteiger partial charge in [-0.2, -0.15) is 5.26 Å². The third kappa shape index (κ3) is 2.42. The molecule has 0 saturated carbocycles. The number of nitrogens with zero attached hydrogens (tertiary/aromatic N) is 1. The van der Waals surface area contributed by atoms with Crippen molar-refractivity contribution in [3.63, 3.8) is 0 Å². The molecule has 0 fully saturated rings. The lowest BCUT2D eigenvalue weighted by atomic mass is 10.2. The van der Waals surface area contributed by atoms with Crippen molar-refractivity contribution in [1.82, 2.24) is 0 Å². The first-order valence-corrected chi connectivity index (χ1v) is 6.79. The van der Waals surface area contributed by atoms with Gasteiger partial charge in [-0.15, -0.1) is 0 Å². The van der Waals surface area contributed by atoms with Crippen molar-refractivity contribution in [3.05, 3.63) is 27.3 Å². The van der Waals surface area contributed by atoms with E-state index >= 15 is 0 Å². The Labute approximate surface area is 95.2 Å². The fraction of sp³-hybridized carbons (Fsp3) is 0. The van der Waals surface area contributed by atoms with Gasteiger partial charge in [0.15, 0.2) is 0 Å². The summed E-state index contributed by atoms with van der Waals surface area (Å²) < 4.78 is 7.92. The van der Waals surface area contributed by atoms with Gasteiger partial charge >= 0.3 is 0 Å². The van der Waals surface area contributed by atoms with Crippen LogP contribution in [-0.2, 0) is 0 Å². The summed E-state index contributed by atoms with van der Waals surface area (Å²) in [4.78, 5) is 0. The minimum atomic E-state index is -0.211. The summed E-state index contributed by atoms with van der Waals surface area (Å²) >= 11 is 1.94. The molecule has 12 heavy (non-hydrogen) atoms. The number of halogens is 2. The summed E-state index contributed by atoms with van der Waals surface area (Å²) in [5, 5.41) is 8.72. The van der Waals surface area contributed by atoms with Gasteiger partial charge in [-0.1, -0.05) is 0 Å². The summed E-state index contributed by atoms with van der Waals surface area (Å²) in [5.74, 6) is 0. The predicted molar refractivity (Wildman–Crippen MR) is 68.6 cm³/mol. The molecule has 0 aromatic heterocycles. The van der Waals surface area contributed by atoms with Crippen LogP contribution in [-0.4, -0.2) is 4.51 Å². The Morgan fingerprint density at radius 1 is 1.58 bits per heavy atom. The molecule has 2 nitrogen and oxygen atoms in total. The smallest absolute Gasteiger partial charge is 0.100 e. The molecule has 0 aliphatic rings. The molecule has 1 N–H and O–H groups in total. The molecule has 1 aromatic carbocycles. The fourth-order valence-corrected chi connectivity index (χ4v) is 1.98. The highest BCUT2D eigenvalue weighted by molar-refractivity contribution is 14.2. The maximum atomic E-state index is 8.72. The Bertz CT molecular complexity index is 341. The van der Waals surface area contributed by atoms with Crippen LogP contribution in [0.1, 0.15) is 5.56 Å². The van der Waals surface area contributed by atoms with Crippen molar-refractivity contribution in [2.24, 2.45) is 0 Å². The van der Waals surface area contributed by atoms with Crippen LogP contribution in [0, 0.1) is 14.9 Å². The van der Waals surface area contributed by atoms with E-state index in [0.717, 1.165) is 14.8 Å². The first-order chi connectivity index (χ1) is 5.77. The molecule has 0 unspecified atom stereocenters. The Morgan fingerprint density at radius 3 is 2.92 bits per heavy atom. The zero-order valence-electron chi connectivity index (χ0n) is 6.14. The lowest BCUT2D eigenvalue weighted by molar-refractivity contribution is 1.47. The van der Waals surface area contributed by atoms with Gasteiger partial charge < -0.3 is 3.53 Å². The van der Waals surface area contributed by atoms with Crippen molar-refractivity contribution in [2.45, 2.75) is 0 Å². The van der Waals surface area contributed by atoms with Gasteiger partial charge in [0.2, 0.25) is 0 Å². The lowest BCUT2D eigenvalue weighted by Gasteiger charge is -2.00. The number of rotatable bonds is 2. The van der Waals surface area contributed by atoms with Crippen LogP contribution >= 0.6 is 43.6 Å². The summed E-state index contributed by atoms with van der Waals surface area (Å²) in [7, 11) is 0. The molecule has 0 atom stereocenters. The molecule has 4 heteroatoms. The first kappa shape index (κ1) is 9.92. The van der Waals surface area contributed by atoms with Crippen molar-refractivity contribution in [2.75, 3.05) is 3.53 Å². The first-order valence-electron chi connectivity index (χ1n) is 3.11. The van der Waals surface area contributed by atoms with Gasteiger partial charge in [-0.25, -0.2) is 0 Å². The highest BCUT2D eigenvalue weighted by atomic mass is 127. The normalized spacial score (nSPS) is 9.00. The monoisotopic (exact) mass is 384 g/mol. The van der Waals surface area contributed by atoms with E-state index in [1.165, 1.54) is 0 Å². The van der Waals surface area contributed by atoms with Crippen LogP contribution in [0.15, 0.2) is 18.2 Å². The quantitative estimate of drug-likeness (QED) is 0.629. The summed E-state index contributed by atoms with van der Waals surface area (Å²) in [5.41, 5.74) is 1.72. The van der Waals surface area contributed by atoms with Crippen LogP contribution in [0.25, 0.3) is 0 Å². The zero-order valence-corrected chi connectivity index (χ0v) is 10.5. The molecule has 0 spiro atoms. The molecular weight excluding hydrogens is 378 g/mol. The predicted octanol–water partition coefficient (Wildman–Crippen LogP) is 2.89. The molecule has 1 aromatic rings. The van der Waals surface area contributed by atoms with Crippen LogP contribution in [0.2, 0.25) is 0 Å². The lowest BCUT2D eigenvalue weighted by Crippen LogP contribution is -1.85. The second-order valence-corrected chi connectivity index (χ2v) is 4.50. The maximum Gasteiger partial charge on any atom is 0.100 e. The third-order valence-corrected chi connectivity index (χ3v) is 3.21. The average molecular weight is 384 g/mol. The van der Waals surface area contributed by atoms with Crippen LogP contribution in [0.3, 0.4) is 0 Å². The van der Waals surface area contributed by atoms with E-state index < -0.39 is 0 Å². The van der Waals surface area contributed by atoms with Gasteiger partial charge in [0.25, 0.3) is 0 Å². The number of nitriles is 1. The molecule has 0 heterocycles. The third-order valence-electron chi connectivity index (χ3n) is 1.26. The van der Waals surface area contributed by atoms with E-state index in [4.69, 9.17) is 5.26 Å². The zero-order chi connectivity index (χ0) is 8.97. The molecule has 0 aliphatic heterocycles. The summed E-state index contributed by atoms with van der Waals surface area (Å²) in [6.07, 6.45) is 0. The number of nitrogens with one attached hydrogen (secondary N) is 1. The van der Waals surface area contributed by atoms with Crippen LogP contribution in [0.5, 0.6) is 0 Å². The Morgan fingerprint density at radius 2 is 2.33 bits per heavy atom.